The van der Waals surface area contributed by atoms with E-state index in [1.807, 2.05) is 253 Å². The van der Waals surface area contributed by atoms with Crippen LogP contribution >= 0.6 is 0 Å². The average molecular weight is 1490 g/mol. The van der Waals surface area contributed by atoms with Crippen molar-refractivity contribution in [3.05, 3.63) is 328 Å². The minimum atomic E-state index is 0. The third kappa shape index (κ3) is 21.2. The molecule has 17 rings (SSSR count). The van der Waals surface area contributed by atoms with E-state index in [0.717, 1.165) is 47.6 Å². The molecule has 12 nitrogen and oxygen atoms in total. The fourth-order valence-electron chi connectivity index (χ4n) is 10.9. The zero-order chi connectivity index (χ0) is 61.9. The van der Waals surface area contributed by atoms with Crippen molar-refractivity contribution in [2.75, 3.05) is 26.4 Å². The fourth-order valence-corrected chi connectivity index (χ4v) is 10.9. The van der Waals surface area contributed by atoms with Gasteiger partial charge in [0.1, 0.15) is 23.0 Å². The molecule has 8 fully saturated rings. The van der Waals surface area contributed by atoms with Gasteiger partial charge in [0, 0.05) is 113 Å². The van der Waals surface area contributed by atoms with Gasteiger partial charge in [-0.05, 0) is 316 Å². The zero-order valence-corrected chi connectivity index (χ0v) is 60.1. The summed E-state index contributed by atoms with van der Waals surface area (Å²) in [7, 11) is 0. The molecule has 17 heteroatoms. The summed E-state index contributed by atoms with van der Waals surface area (Å²) in [6.45, 7) is 1.77. The van der Waals surface area contributed by atoms with Crippen LogP contribution in [-0.2, 0) is 87.8 Å². The number of nitrogens with zero attached hydrogens (tertiary/aromatic N) is 8. The molecule has 3 aromatic heterocycles. The molecule has 0 atom stereocenters. The van der Waals surface area contributed by atoms with Gasteiger partial charge < -0.3 is 48.9 Å². The van der Waals surface area contributed by atoms with Crippen LogP contribution in [0.5, 0.6) is 23.0 Å². The van der Waals surface area contributed by atoms with Crippen molar-refractivity contribution in [2.24, 2.45) is 0 Å². The van der Waals surface area contributed by atoms with E-state index in [0.29, 0.717) is 117 Å². The molecule has 0 N–H and O–H groups in total. The van der Waals surface area contributed by atoms with Gasteiger partial charge in [-0.15, -0.1) is 0 Å². The Balaban J connectivity index is 0.000000413. The Kier molecular flexibility index (Phi) is 33.6. The number of ether oxygens (including phenoxy) is 4. The molecule has 482 valence electrons. The number of fused-ring (bicyclic) bond motifs is 20. The molecule has 10 aliphatic rings. The van der Waals surface area contributed by atoms with Crippen LogP contribution in [-0.4, -0.2) is 56.3 Å². The minimum absolute atomic E-state index is 0. The maximum atomic E-state index is 6.61. The molecule has 0 unspecified atom stereocenters. The van der Waals surface area contributed by atoms with Gasteiger partial charge in [-0.25, -0.2) is 9.97 Å². The van der Waals surface area contributed by atoms with E-state index in [4.69, 9.17) is 58.8 Å². The van der Waals surface area contributed by atoms with Gasteiger partial charge in [0.25, 0.3) is 0 Å². The van der Waals surface area contributed by atoms with Gasteiger partial charge in [0.05, 0.1) is 60.9 Å². The second-order valence-corrected chi connectivity index (χ2v) is 21.6. The van der Waals surface area contributed by atoms with Crippen molar-refractivity contribution in [2.45, 2.75) is 25.7 Å². The number of hydrogen-bond donors (Lipinski definition) is 0. The standard InChI is InChI=1S/C60H44N8O4.4C5H5.4Fe.Zn/c1-2-14-37(13-1)29-33-69-45-25-9-21-41-49(45)57-62-53(41)61-54-42-22-10-26-46(70-34-30-38-15-3-4-16-38)50(42)58(63-54)65-56-44-24-12-28-48(72-36-32-40-19-7-8-20-40)52(44)60(67-56)68-59-51-43(55(64-57)66-59)23-11-27-47(51)71-35-31-39-17-5-6-18-39;4*1-2-4-5-3-1;;;;;/h1-28H,29-36H2;4*1-5H;;;;;/q-2;;;;;;;;;+2. The summed E-state index contributed by atoms with van der Waals surface area (Å²) in [6.07, 6.45) is 76.0. The van der Waals surface area contributed by atoms with Gasteiger partial charge in [0.15, 0.2) is 0 Å². The van der Waals surface area contributed by atoms with E-state index in [-0.39, 0.29) is 87.8 Å². The number of benzene rings is 4. The maximum Gasteiger partial charge on any atom is 2.00 e. The number of hydrogen-bond acceptors (Lipinski definition) is 10. The fraction of sp³-hybridized carbons (Fsp3) is 0.100. The molecule has 0 spiro atoms. The Labute approximate surface area is 633 Å². The summed E-state index contributed by atoms with van der Waals surface area (Å²) < 4.78 is 26.4. The first-order chi connectivity index (χ1) is 45.7. The number of rotatable bonds is 16. The first kappa shape index (κ1) is 78.9. The third-order valence-electron chi connectivity index (χ3n) is 15.4. The predicted octanol–water partition coefficient (Wildman–Crippen LogP) is 14.9. The monoisotopic (exact) mass is 1490 g/mol. The van der Waals surface area contributed by atoms with Crippen LogP contribution in [0.4, 0.5) is 0 Å². The van der Waals surface area contributed by atoms with Gasteiger partial charge in [-0.1, -0.05) is 48.5 Å². The molecule has 97 heavy (non-hydrogen) atoms. The molecule has 4 aromatic carbocycles. The maximum absolute atomic E-state index is 6.61. The summed E-state index contributed by atoms with van der Waals surface area (Å²) in [4.78, 5) is 42.0. The van der Waals surface area contributed by atoms with E-state index in [1.54, 1.807) is 0 Å². The van der Waals surface area contributed by atoms with Crippen LogP contribution in [0.2, 0.25) is 0 Å². The van der Waals surface area contributed by atoms with Crippen molar-refractivity contribution in [1.82, 2.24) is 39.9 Å². The SMILES string of the molecule is [CH]1[CH][CH][CH][CH]1.[CH]1[CH][CH][CH][CH]1.[CH]1[CH][CH][CH][CH]1.[CH]1[CH][CH][CH][CH]1.[CH]1[CH][CH][C](CCOc2cccc3c2-c2nc-3nc3[n-]c(nc4nc(nc5[n-]c(n2)c2cccc(OCC[C]6[CH][CH][CH][CH]6)c52)-c2c(OCC[C]5[CH][CH][CH][CH]5)cccc2-4)c2c(OCC[C]4[CH][CH][CH][CH]4)cccc32)[CH]1.[Fe].[Fe].[Fe].[Fe].[Zn+2]. The van der Waals surface area contributed by atoms with Crippen molar-refractivity contribution in [3.63, 3.8) is 0 Å². The molecule has 5 heterocycles. The smallest absolute Gasteiger partial charge is 0.493 e. The zero-order valence-electron chi connectivity index (χ0n) is 52.7. The first-order valence-corrected chi connectivity index (χ1v) is 30.9. The Morgan fingerprint density at radius 2 is 0.505 bits per heavy atom. The van der Waals surface area contributed by atoms with Gasteiger partial charge in [-0.2, -0.15) is 0 Å². The first-order valence-electron chi connectivity index (χ1n) is 30.9. The summed E-state index contributed by atoms with van der Waals surface area (Å²) >= 11 is 0. The van der Waals surface area contributed by atoms with Crippen LogP contribution in [0.3, 0.4) is 0 Å². The largest absolute Gasteiger partial charge is 2.00 e. The van der Waals surface area contributed by atoms with Crippen LogP contribution in [0, 0.1) is 255 Å². The topological polar surface area (TPSA) is 142 Å². The number of aromatic nitrogens is 8. The molecule has 8 bridgehead atoms. The van der Waals surface area contributed by atoms with E-state index in [9.17, 15) is 0 Å². The van der Waals surface area contributed by atoms with E-state index in [2.05, 4.69) is 51.4 Å². The Bertz CT molecular complexity index is 3610. The summed E-state index contributed by atoms with van der Waals surface area (Å²) in [5.41, 5.74) is 4.48. The molecular weight excluding hydrogens is 1430 g/mol. The predicted molar refractivity (Wildman–Crippen MR) is 362 cm³/mol. The molecule has 2 aliphatic heterocycles. The van der Waals surface area contributed by atoms with Gasteiger partial charge in [-0.3, -0.25) is 0 Å². The second kappa shape index (κ2) is 41.3. The Morgan fingerprint density at radius 1 is 0.258 bits per heavy atom. The van der Waals surface area contributed by atoms with Crippen LogP contribution in [0.25, 0.3) is 89.7 Å². The van der Waals surface area contributed by atoms with E-state index < -0.39 is 0 Å². The van der Waals surface area contributed by atoms with Crippen molar-refractivity contribution in [1.29, 1.82) is 0 Å². The molecule has 7 aromatic rings. The molecule has 0 saturated heterocycles. The van der Waals surface area contributed by atoms with Crippen LogP contribution in [0.15, 0.2) is 72.8 Å². The normalized spacial score (nSPS) is 17.8. The molecule has 8 saturated carbocycles. The summed E-state index contributed by atoms with van der Waals surface area (Å²) in [5, 5.41) is 2.87. The van der Waals surface area contributed by atoms with E-state index in [1.165, 1.54) is 23.7 Å². The van der Waals surface area contributed by atoms with Crippen LogP contribution in [0.1, 0.15) is 25.7 Å². The average Bonchev–Trinajstić information content (AvgIpc) is 1.60. The Hall–Kier alpha value is -3.86. The summed E-state index contributed by atoms with van der Waals surface area (Å²) in [6, 6.07) is 23.6. The molecule has 40 radical (unpaired) electrons. The quantitative estimate of drug-likeness (QED) is 0.0850. The van der Waals surface area contributed by atoms with Crippen molar-refractivity contribution < 1.29 is 107 Å². The van der Waals surface area contributed by atoms with Gasteiger partial charge >= 0.3 is 19.5 Å². The Morgan fingerprint density at radius 3 is 0.814 bits per heavy atom. The van der Waals surface area contributed by atoms with Crippen molar-refractivity contribution >= 4 is 44.1 Å². The molecule has 8 aliphatic carbocycles. The van der Waals surface area contributed by atoms with Crippen molar-refractivity contribution in [3.8, 4) is 68.5 Å². The molecular formula is C80H64Fe4N8O4Zn. The van der Waals surface area contributed by atoms with Crippen LogP contribution < -0.4 is 28.9 Å². The summed E-state index contributed by atoms with van der Waals surface area (Å²) in [5.74, 6) is 8.86. The molecule has 0 amide bonds. The second-order valence-electron chi connectivity index (χ2n) is 21.6. The van der Waals surface area contributed by atoms with Gasteiger partial charge in [0.2, 0.25) is 0 Å². The third-order valence-corrected chi connectivity index (χ3v) is 15.4. The minimum Gasteiger partial charge on any atom is -0.493 e. The van der Waals surface area contributed by atoms with E-state index >= 15 is 0 Å².